The summed E-state index contributed by atoms with van der Waals surface area (Å²) in [6.07, 6.45) is 1.51. The number of carbonyl (C=O) groups excluding carboxylic acids is 1. The van der Waals surface area contributed by atoms with Crippen molar-refractivity contribution in [3.8, 4) is 33.8 Å². The second-order valence-electron chi connectivity index (χ2n) is 8.51. The van der Waals surface area contributed by atoms with E-state index in [1.165, 1.54) is 42.5 Å². The Bertz CT molecular complexity index is 1410. The van der Waals surface area contributed by atoms with Gasteiger partial charge in [-0.25, -0.2) is 13.6 Å². The summed E-state index contributed by atoms with van der Waals surface area (Å²) in [7, 11) is 0. The molecule has 3 nitrogen and oxygen atoms in total. The summed E-state index contributed by atoms with van der Waals surface area (Å²) in [6, 6.07) is 17.8. The van der Waals surface area contributed by atoms with Crippen molar-refractivity contribution < 1.29 is 31.8 Å². The van der Waals surface area contributed by atoms with Gasteiger partial charge in [0.25, 0.3) is 0 Å². The lowest BCUT2D eigenvalue weighted by atomic mass is 9.98. The van der Waals surface area contributed by atoms with Gasteiger partial charge in [0, 0.05) is 11.1 Å². The van der Waals surface area contributed by atoms with Crippen LogP contribution < -0.4 is 9.47 Å². The monoisotopic (exact) mass is 508 g/mol. The third-order valence-electron chi connectivity index (χ3n) is 5.85. The standard InChI is InChI=1S/C30H24F4O3/c1-3-4-17-36-24-15-16-25(29(34)28(24)33)37-30(35)21-11-9-20(10-12-21)23-14-13-22(26(31)27(23)32)19-7-5-18(2)6-8-19/h5-16H,3-4,17H2,1-2H3. The first-order valence-corrected chi connectivity index (χ1v) is 11.8. The lowest BCUT2D eigenvalue weighted by Crippen LogP contribution is -2.10. The zero-order valence-corrected chi connectivity index (χ0v) is 20.3. The lowest BCUT2D eigenvalue weighted by molar-refractivity contribution is 0.0726. The minimum absolute atomic E-state index is 0.0139. The van der Waals surface area contributed by atoms with Crippen molar-refractivity contribution in [1.82, 2.24) is 0 Å². The Labute approximate surface area is 212 Å². The molecule has 4 aromatic carbocycles. The van der Waals surface area contributed by atoms with Crippen LogP contribution in [0.3, 0.4) is 0 Å². The van der Waals surface area contributed by atoms with Gasteiger partial charge in [0.15, 0.2) is 23.1 Å². The summed E-state index contributed by atoms with van der Waals surface area (Å²) in [5, 5.41) is 0. The smallest absolute Gasteiger partial charge is 0.343 e. The Morgan fingerprint density at radius 1 is 0.676 bits per heavy atom. The summed E-state index contributed by atoms with van der Waals surface area (Å²) < 4.78 is 68.6. The van der Waals surface area contributed by atoms with Crippen molar-refractivity contribution in [3.05, 3.63) is 107 Å². The van der Waals surface area contributed by atoms with Gasteiger partial charge in [-0.15, -0.1) is 0 Å². The first kappa shape index (κ1) is 25.9. The molecule has 0 unspecified atom stereocenters. The van der Waals surface area contributed by atoms with E-state index in [1.807, 2.05) is 26.0 Å². The Balaban J connectivity index is 1.51. The van der Waals surface area contributed by atoms with Gasteiger partial charge in [0.2, 0.25) is 11.6 Å². The molecule has 0 N–H and O–H groups in total. The van der Waals surface area contributed by atoms with Crippen molar-refractivity contribution >= 4 is 5.97 Å². The van der Waals surface area contributed by atoms with Crippen LogP contribution in [-0.2, 0) is 0 Å². The van der Waals surface area contributed by atoms with E-state index in [0.29, 0.717) is 17.5 Å². The fourth-order valence-corrected chi connectivity index (χ4v) is 3.70. The average molecular weight is 509 g/mol. The van der Waals surface area contributed by atoms with E-state index in [2.05, 4.69) is 0 Å². The molecule has 0 fully saturated rings. The Hall–Kier alpha value is -4.13. The van der Waals surface area contributed by atoms with Gasteiger partial charge in [-0.1, -0.05) is 67.4 Å². The molecule has 0 bridgehead atoms. The maximum absolute atomic E-state index is 14.9. The highest BCUT2D eigenvalue weighted by Crippen LogP contribution is 2.32. The van der Waals surface area contributed by atoms with Crippen LogP contribution in [0.15, 0.2) is 72.8 Å². The van der Waals surface area contributed by atoms with Crippen LogP contribution in [0, 0.1) is 30.2 Å². The summed E-state index contributed by atoms with van der Waals surface area (Å²) in [5.74, 6) is -6.39. The molecule has 4 rings (SSSR count). The predicted octanol–water partition coefficient (Wildman–Crippen LogP) is 8.28. The van der Waals surface area contributed by atoms with Crippen LogP contribution in [0.4, 0.5) is 17.6 Å². The van der Waals surface area contributed by atoms with Crippen LogP contribution in [0.2, 0.25) is 0 Å². The van der Waals surface area contributed by atoms with E-state index in [1.54, 1.807) is 12.1 Å². The van der Waals surface area contributed by atoms with Crippen molar-refractivity contribution in [2.24, 2.45) is 0 Å². The summed E-state index contributed by atoms with van der Waals surface area (Å²) in [4.78, 5) is 12.5. The third-order valence-corrected chi connectivity index (χ3v) is 5.85. The maximum Gasteiger partial charge on any atom is 0.343 e. The fraction of sp³-hybridized carbons (Fsp3) is 0.167. The van der Waals surface area contributed by atoms with Gasteiger partial charge >= 0.3 is 5.97 Å². The zero-order valence-electron chi connectivity index (χ0n) is 20.3. The molecule has 0 spiro atoms. The van der Waals surface area contributed by atoms with Gasteiger partial charge in [0.1, 0.15) is 0 Å². The number of rotatable bonds is 8. The molecular formula is C30H24F4O3. The summed E-state index contributed by atoms with van der Waals surface area (Å²) in [5.41, 5.74) is 2.05. The normalized spacial score (nSPS) is 10.9. The number of ether oxygens (including phenoxy) is 2. The van der Waals surface area contributed by atoms with E-state index >= 15 is 0 Å². The van der Waals surface area contributed by atoms with E-state index < -0.39 is 35.0 Å². The highest BCUT2D eigenvalue weighted by molar-refractivity contribution is 5.91. The van der Waals surface area contributed by atoms with Crippen LogP contribution in [-0.4, -0.2) is 12.6 Å². The lowest BCUT2D eigenvalue weighted by Gasteiger charge is -2.11. The number of aryl methyl sites for hydroxylation is 1. The van der Waals surface area contributed by atoms with E-state index in [0.717, 1.165) is 18.1 Å². The SMILES string of the molecule is CCCCOc1ccc(OC(=O)c2ccc(-c3ccc(-c4ccc(C)cc4)c(F)c3F)cc2)c(F)c1F. The number of unbranched alkanes of at least 4 members (excludes halogenated alkanes) is 1. The number of hydrogen-bond donors (Lipinski definition) is 0. The predicted molar refractivity (Wildman–Crippen MR) is 134 cm³/mol. The molecule has 0 aliphatic carbocycles. The quantitative estimate of drug-likeness (QED) is 0.104. The number of halogens is 4. The van der Waals surface area contributed by atoms with Crippen molar-refractivity contribution in [1.29, 1.82) is 0 Å². The molecule has 190 valence electrons. The van der Waals surface area contributed by atoms with Gasteiger partial charge in [-0.2, -0.15) is 8.78 Å². The van der Waals surface area contributed by atoms with E-state index in [-0.39, 0.29) is 29.0 Å². The Morgan fingerprint density at radius 3 is 1.76 bits per heavy atom. The molecule has 0 heterocycles. The van der Waals surface area contributed by atoms with Crippen LogP contribution in [0.1, 0.15) is 35.7 Å². The molecule has 0 amide bonds. The van der Waals surface area contributed by atoms with Gasteiger partial charge in [0.05, 0.1) is 12.2 Å². The number of esters is 1. The average Bonchev–Trinajstić information content (AvgIpc) is 2.90. The van der Waals surface area contributed by atoms with Gasteiger partial charge < -0.3 is 9.47 Å². The van der Waals surface area contributed by atoms with Crippen LogP contribution in [0.25, 0.3) is 22.3 Å². The molecular weight excluding hydrogens is 484 g/mol. The second kappa shape index (κ2) is 11.3. The van der Waals surface area contributed by atoms with Crippen molar-refractivity contribution in [2.45, 2.75) is 26.7 Å². The van der Waals surface area contributed by atoms with Crippen molar-refractivity contribution in [3.63, 3.8) is 0 Å². The van der Waals surface area contributed by atoms with E-state index in [9.17, 15) is 22.4 Å². The highest BCUT2D eigenvalue weighted by Gasteiger charge is 2.20. The van der Waals surface area contributed by atoms with Crippen LogP contribution in [0.5, 0.6) is 11.5 Å². The highest BCUT2D eigenvalue weighted by atomic mass is 19.2. The first-order chi connectivity index (χ1) is 17.8. The number of benzene rings is 4. The number of hydrogen-bond acceptors (Lipinski definition) is 3. The van der Waals surface area contributed by atoms with Gasteiger partial charge in [-0.3, -0.25) is 0 Å². The molecule has 0 saturated carbocycles. The minimum Gasteiger partial charge on any atom is -0.490 e. The topological polar surface area (TPSA) is 35.5 Å². The van der Waals surface area contributed by atoms with Crippen LogP contribution >= 0.6 is 0 Å². The molecule has 7 heteroatoms. The minimum atomic E-state index is -1.34. The zero-order chi connectivity index (χ0) is 26.5. The van der Waals surface area contributed by atoms with Gasteiger partial charge in [-0.05, 0) is 48.7 Å². The second-order valence-corrected chi connectivity index (χ2v) is 8.51. The first-order valence-electron chi connectivity index (χ1n) is 11.8. The number of carbonyl (C=O) groups is 1. The molecule has 0 aliphatic rings. The third kappa shape index (κ3) is 5.66. The molecule has 0 radical (unpaired) electrons. The summed E-state index contributed by atoms with van der Waals surface area (Å²) in [6.45, 7) is 4.07. The molecule has 37 heavy (non-hydrogen) atoms. The molecule has 0 saturated heterocycles. The molecule has 0 aliphatic heterocycles. The molecule has 0 atom stereocenters. The fourth-order valence-electron chi connectivity index (χ4n) is 3.70. The summed E-state index contributed by atoms with van der Waals surface area (Å²) >= 11 is 0. The maximum atomic E-state index is 14.9. The van der Waals surface area contributed by atoms with E-state index in [4.69, 9.17) is 9.47 Å². The van der Waals surface area contributed by atoms with Crippen molar-refractivity contribution in [2.75, 3.05) is 6.61 Å². The Kier molecular flexibility index (Phi) is 7.92. The Morgan fingerprint density at radius 2 is 1.19 bits per heavy atom. The largest absolute Gasteiger partial charge is 0.490 e. The molecule has 4 aromatic rings. The molecule has 0 aromatic heterocycles.